The van der Waals surface area contributed by atoms with E-state index in [1.165, 1.54) is 50.8 Å². The molecule has 4 aliphatic carbocycles. The van der Waals surface area contributed by atoms with Gasteiger partial charge in [-0.3, -0.25) is 0 Å². The summed E-state index contributed by atoms with van der Waals surface area (Å²) in [5.41, 5.74) is 2.59. The van der Waals surface area contributed by atoms with Gasteiger partial charge in [-0.05, 0) is 69.3 Å². The molecule has 0 atom stereocenters. The number of H-pyrrole nitrogens is 1. The molecule has 0 aromatic carbocycles. The summed E-state index contributed by atoms with van der Waals surface area (Å²) in [6, 6.07) is 3.46. The number of aromatic amines is 1. The first-order valence-electron chi connectivity index (χ1n) is 10.3. The molecule has 7 rings (SSSR count). The number of fused-ring (bicyclic) bond motifs is 1. The molecule has 3 aromatic heterocycles. The number of halogens is 1. The predicted octanol–water partition coefficient (Wildman–Crippen LogP) is 5.50. The Hall–Kier alpha value is -2.50. The molecule has 2 N–H and O–H groups in total. The van der Waals surface area contributed by atoms with Gasteiger partial charge in [0.2, 0.25) is 0 Å². The molecule has 148 valence electrons. The molecule has 5 nitrogen and oxygen atoms in total. The van der Waals surface area contributed by atoms with Crippen LogP contribution in [0.4, 0.5) is 15.9 Å². The van der Waals surface area contributed by atoms with Crippen LogP contribution in [0.25, 0.3) is 11.0 Å². The zero-order valence-corrected chi connectivity index (χ0v) is 16.0. The minimum absolute atomic E-state index is 0. The third kappa shape index (κ3) is 2.54. The first-order chi connectivity index (χ1) is 13.6. The number of hydrogen-bond donors (Lipinski definition) is 2. The summed E-state index contributed by atoms with van der Waals surface area (Å²) in [5, 5.41) is 4.11. The fourth-order valence-electron chi connectivity index (χ4n) is 6.47. The van der Waals surface area contributed by atoms with E-state index in [0.29, 0.717) is 5.65 Å². The minimum Gasteiger partial charge on any atom is -0.344 e. The molecule has 0 saturated heterocycles. The van der Waals surface area contributed by atoms with Crippen molar-refractivity contribution in [3.05, 3.63) is 41.9 Å². The highest BCUT2D eigenvalue weighted by Gasteiger charge is 2.53. The molecule has 3 heterocycles. The minimum atomic E-state index is -0.344. The van der Waals surface area contributed by atoms with E-state index in [-0.39, 0.29) is 14.1 Å². The lowest BCUT2D eigenvalue weighted by Gasteiger charge is -2.56. The smallest absolute Gasteiger partial charge is 0.142 e. The summed E-state index contributed by atoms with van der Waals surface area (Å²) < 4.78 is 13.7. The second-order valence-corrected chi connectivity index (χ2v) is 9.29. The number of nitrogens with zero attached hydrogens (tertiary/aromatic N) is 3. The third-order valence-electron chi connectivity index (χ3n) is 7.13. The van der Waals surface area contributed by atoms with Gasteiger partial charge in [-0.2, -0.15) is 0 Å². The van der Waals surface area contributed by atoms with Gasteiger partial charge in [0.1, 0.15) is 23.1 Å². The number of anilines is 2. The molecule has 28 heavy (non-hydrogen) atoms. The summed E-state index contributed by atoms with van der Waals surface area (Å²) in [4.78, 5) is 17.1. The zero-order chi connectivity index (χ0) is 18.9. The van der Waals surface area contributed by atoms with Crippen LogP contribution in [0.2, 0.25) is 0 Å². The van der Waals surface area contributed by atoms with Crippen LogP contribution in [0, 0.1) is 30.5 Å². The summed E-state index contributed by atoms with van der Waals surface area (Å²) >= 11 is 0. The Labute approximate surface area is 166 Å². The normalized spacial score (nSPS) is 30.9. The van der Waals surface area contributed by atoms with Crippen molar-refractivity contribution in [2.45, 2.75) is 50.9 Å². The van der Waals surface area contributed by atoms with E-state index < -0.39 is 0 Å². The highest BCUT2D eigenvalue weighted by molar-refractivity contribution is 5.91. The van der Waals surface area contributed by atoms with Crippen molar-refractivity contribution in [2.75, 3.05) is 5.32 Å². The lowest BCUT2D eigenvalue weighted by Crippen LogP contribution is -2.49. The molecule has 4 bridgehead atoms. The standard InChI is InChI=1S/C22H24FN5.2H2/c1-12-2-19(27-18-11-25-20-17(18)6-16(23)10-24-20)28-21(26-12)22-7-13-3-14(8-22)5-15(4-13)9-22;;/h2,6,10-11,13-15H,3-5,7-9H2,1H3,(H,24,25)(H,26,27,28);2*1H. The SMILES string of the molecule is Cc1cc(Nc2c[nH]c3ncc(F)cc23)nc(C23CC4CC(CC(C4)C2)C3)n1.[HH].[HH]. The van der Waals surface area contributed by atoms with Crippen LogP contribution in [-0.4, -0.2) is 19.9 Å². The van der Waals surface area contributed by atoms with Gasteiger partial charge < -0.3 is 10.3 Å². The maximum absolute atomic E-state index is 13.7. The molecule has 0 spiro atoms. The van der Waals surface area contributed by atoms with Crippen molar-refractivity contribution in [2.24, 2.45) is 17.8 Å². The molecule has 0 aliphatic heterocycles. The van der Waals surface area contributed by atoms with Crippen molar-refractivity contribution in [1.82, 2.24) is 19.9 Å². The van der Waals surface area contributed by atoms with Crippen molar-refractivity contribution >= 4 is 22.5 Å². The van der Waals surface area contributed by atoms with Gasteiger partial charge in [0.05, 0.1) is 11.9 Å². The van der Waals surface area contributed by atoms with Crippen LogP contribution in [0.1, 0.15) is 52.9 Å². The quantitative estimate of drug-likeness (QED) is 0.628. The second kappa shape index (κ2) is 5.75. The van der Waals surface area contributed by atoms with Gasteiger partial charge in [0.25, 0.3) is 0 Å². The van der Waals surface area contributed by atoms with Crippen LogP contribution >= 0.6 is 0 Å². The number of aromatic nitrogens is 4. The van der Waals surface area contributed by atoms with Crippen molar-refractivity contribution in [1.29, 1.82) is 0 Å². The molecular formula is C22H28FN5. The molecule has 4 saturated carbocycles. The van der Waals surface area contributed by atoms with Gasteiger partial charge in [0.15, 0.2) is 0 Å². The molecule has 3 aromatic rings. The summed E-state index contributed by atoms with van der Waals surface area (Å²) in [5.74, 6) is 4.02. The number of pyridine rings is 1. The monoisotopic (exact) mass is 381 g/mol. The van der Waals surface area contributed by atoms with Gasteiger partial charge in [-0.1, -0.05) is 0 Å². The van der Waals surface area contributed by atoms with Crippen LogP contribution < -0.4 is 5.32 Å². The largest absolute Gasteiger partial charge is 0.344 e. The fraction of sp³-hybridized carbons (Fsp3) is 0.500. The Morgan fingerprint density at radius 2 is 1.82 bits per heavy atom. The molecule has 0 unspecified atom stereocenters. The van der Waals surface area contributed by atoms with E-state index in [0.717, 1.165) is 46.2 Å². The van der Waals surface area contributed by atoms with Gasteiger partial charge in [-0.15, -0.1) is 0 Å². The van der Waals surface area contributed by atoms with Crippen LogP contribution in [0.15, 0.2) is 24.5 Å². The average Bonchev–Trinajstić information content (AvgIpc) is 3.02. The molecule has 6 heteroatoms. The maximum atomic E-state index is 13.7. The number of hydrogen-bond acceptors (Lipinski definition) is 4. The Morgan fingerprint density at radius 3 is 2.54 bits per heavy atom. The number of aryl methyl sites for hydroxylation is 1. The Kier molecular flexibility index (Phi) is 3.38. The molecular weight excluding hydrogens is 353 g/mol. The van der Waals surface area contributed by atoms with Crippen molar-refractivity contribution < 1.29 is 7.24 Å². The van der Waals surface area contributed by atoms with E-state index in [1.54, 1.807) is 0 Å². The number of rotatable bonds is 3. The molecule has 4 aliphatic rings. The third-order valence-corrected chi connectivity index (χ3v) is 7.13. The first-order valence-corrected chi connectivity index (χ1v) is 10.3. The summed E-state index contributed by atoms with van der Waals surface area (Å²) in [6.45, 7) is 2.04. The van der Waals surface area contributed by atoms with Crippen LogP contribution in [0.5, 0.6) is 0 Å². The number of nitrogens with one attached hydrogen (secondary N) is 2. The molecule has 4 fully saturated rings. The topological polar surface area (TPSA) is 66.5 Å². The second-order valence-electron chi connectivity index (χ2n) is 9.29. The van der Waals surface area contributed by atoms with E-state index in [4.69, 9.17) is 9.97 Å². The van der Waals surface area contributed by atoms with Crippen LogP contribution in [0.3, 0.4) is 0 Å². The summed E-state index contributed by atoms with van der Waals surface area (Å²) in [7, 11) is 0. The average molecular weight is 381 g/mol. The first kappa shape index (κ1) is 16.5. The Balaban J connectivity index is 0.00000109. The van der Waals surface area contributed by atoms with E-state index in [9.17, 15) is 4.39 Å². The zero-order valence-electron chi connectivity index (χ0n) is 16.0. The molecule has 0 radical (unpaired) electrons. The maximum Gasteiger partial charge on any atom is 0.142 e. The Bertz CT molecular complexity index is 1050. The Morgan fingerprint density at radius 1 is 1.11 bits per heavy atom. The summed E-state index contributed by atoms with van der Waals surface area (Å²) in [6.07, 6.45) is 11.0. The van der Waals surface area contributed by atoms with Gasteiger partial charge in [0, 0.05) is 31.6 Å². The lowest BCUT2D eigenvalue weighted by atomic mass is 9.49. The van der Waals surface area contributed by atoms with Crippen LogP contribution in [-0.2, 0) is 5.41 Å². The van der Waals surface area contributed by atoms with E-state index in [1.807, 2.05) is 19.2 Å². The van der Waals surface area contributed by atoms with E-state index >= 15 is 0 Å². The molecule has 0 amide bonds. The lowest BCUT2D eigenvalue weighted by molar-refractivity contribution is -0.00940. The van der Waals surface area contributed by atoms with E-state index in [2.05, 4.69) is 15.3 Å². The van der Waals surface area contributed by atoms with Crippen molar-refractivity contribution in [3.8, 4) is 0 Å². The highest BCUT2D eigenvalue weighted by atomic mass is 19.1. The van der Waals surface area contributed by atoms with Gasteiger partial charge in [-0.25, -0.2) is 19.3 Å². The highest BCUT2D eigenvalue weighted by Crippen LogP contribution is 2.60. The predicted molar refractivity (Wildman–Crippen MR) is 110 cm³/mol. The van der Waals surface area contributed by atoms with Crippen molar-refractivity contribution in [3.63, 3.8) is 0 Å². The fourth-order valence-corrected chi connectivity index (χ4v) is 6.47. The van der Waals surface area contributed by atoms with Gasteiger partial charge >= 0.3 is 0 Å².